The maximum Gasteiger partial charge on any atom is 0.239 e. The maximum atomic E-state index is 11.9. The van der Waals surface area contributed by atoms with Crippen LogP contribution in [0.4, 0.5) is 5.69 Å². The smallest absolute Gasteiger partial charge is 0.239 e. The summed E-state index contributed by atoms with van der Waals surface area (Å²) in [7, 11) is 0. The molecule has 1 atom stereocenters. The minimum atomic E-state index is -0.0292. The molecule has 0 aliphatic carbocycles. The van der Waals surface area contributed by atoms with Crippen molar-refractivity contribution in [2.24, 2.45) is 0 Å². The van der Waals surface area contributed by atoms with E-state index in [9.17, 15) is 4.79 Å². The van der Waals surface area contributed by atoms with Gasteiger partial charge in [-0.25, -0.2) is 0 Å². The summed E-state index contributed by atoms with van der Waals surface area (Å²) >= 11 is 0. The van der Waals surface area contributed by atoms with Crippen molar-refractivity contribution in [1.82, 2.24) is 10.3 Å². The van der Waals surface area contributed by atoms with Crippen molar-refractivity contribution in [2.75, 3.05) is 25.0 Å². The van der Waals surface area contributed by atoms with Gasteiger partial charge in [0.25, 0.3) is 0 Å². The number of benzene rings is 1. The van der Waals surface area contributed by atoms with Crippen molar-refractivity contribution in [3.8, 4) is 0 Å². The Labute approximate surface area is 123 Å². The highest BCUT2D eigenvalue weighted by Crippen LogP contribution is 2.20. The lowest BCUT2D eigenvalue weighted by Gasteiger charge is -2.12. The molecule has 1 amide bonds. The van der Waals surface area contributed by atoms with E-state index in [2.05, 4.69) is 15.6 Å². The molecule has 0 bridgehead atoms. The SMILES string of the molecule is O=C(CNc1cccc2cccnc12)NCC1CCCO1. The fourth-order valence-corrected chi connectivity index (χ4v) is 2.52. The second-order valence-electron chi connectivity index (χ2n) is 5.17. The number of fused-ring (bicyclic) bond motifs is 1. The summed E-state index contributed by atoms with van der Waals surface area (Å²) in [6.45, 7) is 1.64. The Hall–Kier alpha value is -2.14. The standard InChI is InChI=1S/C16H19N3O2/c20-15(19-10-13-6-3-9-21-13)11-18-14-7-1-4-12-5-2-8-17-16(12)14/h1-2,4-5,7-8,13,18H,3,6,9-11H2,(H,19,20). The summed E-state index contributed by atoms with van der Waals surface area (Å²) in [6.07, 6.45) is 4.04. The Morgan fingerprint density at radius 1 is 1.33 bits per heavy atom. The number of nitrogens with zero attached hydrogens (tertiary/aromatic N) is 1. The largest absolute Gasteiger partial charge is 0.376 e. The molecule has 2 N–H and O–H groups in total. The van der Waals surface area contributed by atoms with Crippen LogP contribution in [0.3, 0.4) is 0 Å². The first kappa shape index (κ1) is 13.8. The molecule has 110 valence electrons. The van der Waals surface area contributed by atoms with Crippen molar-refractivity contribution in [3.05, 3.63) is 36.5 Å². The summed E-state index contributed by atoms with van der Waals surface area (Å²) < 4.78 is 5.48. The molecule has 5 nitrogen and oxygen atoms in total. The Balaban J connectivity index is 1.54. The molecule has 0 radical (unpaired) electrons. The quantitative estimate of drug-likeness (QED) is 0.881. The first-order chi connectivity index (χ1) is 10.3. The van der Waals surface area contributed by atoms with E-state index >= 15 is 0 Å². The van der Waals surface area contributed by atoms with Crippen molar-refractivity contribution in [2.45, 2.75) is 18.9 Å². The van der Waals surface area contributed by atoms with Crippen molar-refractivity contribution in [3.63, 3.8) is 0 Å². The normalized spacial score (nSPS) is 17.8. The Morgan fingerprint density at radius 2 is 2.24 bits per heavy atom. The molecule has 5 heteroatoms. The van der Waals surface area contributed by atoms with Gasteiger partial charge < -0.3 is 15.4 Å². The zero-order valence-electron chi connectivity index (χ0n) is 11.8. The minimum Gasteiger partial charge on any atom is -0.376 e. The molecule has 2 aromatic rings. The number of ether oxygens (including phenoxy) is 1. The van der Waals surface area contributed by atoms with Crippen LogP contribution in [0.2, 0.25) is 0 Å². The van der Waals surface area contributed by atoms with E-state index in [0.29, 0.717) is 6.54 Å². The molecule has 1 saturated heterocycles. The lowest BCUT2D eigenvalue weighted by atomic mass is 10.2. The molecule has 0 spiro atoms. The van der Waals surface area contributed by atoms with Gasteiger partial charge in [0, 0.05) is 24.7 Å². The van der Waals surface area contributed by atoms with E-state index in [-0.39, 0.29) is 18.6 Å². The summed E-state index contributed by atoms with van der Waals surface area (Å²) in [6, 6.07) is 9.80. The topological polar surface area (TPSA) is 63.2 Å². The van der Waals surface area contributed by atoms with Gasteiger partial charge in [-0.15, -0.1) is 0 Å². The Bertz CT molecular complexity index is 618. The van der Waals surface area contributed by atoms with E-state index in [1.165, 1.54) is 0 Å². The zero-order valence-corrected chi connectivity index (χ0v) is 11.8. The molecule has 0 saturated carbocycles. The second kappa shape index (κ2) is 6.54. The minimum absolute atomic E-state index is 0.0292. The molecular weight excluding hydrogens is 266 g/mol. The van der Waals surface area contributed by atoms with Gasteiger partial charge in [-0.2, -0.15) is 0 Å². The van der Waals surface area contributed by atoms with Gasteiger partial charge in [0.05, 0.1) is 23.9 Å². The molecular formula is C16H19N3O2. The van der Waals surface area contributed by atoms with Crippen molar-refractivity contribution < 1.29 is 9.53 Å². The molecule has 2 heterocycles. The Morgan fingerprint density at radius 3 is 3.10 bits per heavy atom. The van der Waals surface area contributed by atoms with Gasteiger partial charge in [0.15, 0.2) is 0 Å². The summed E-state index contributed by atoms with van der Waals surface area (Å²) in [5.41, 5.74) is 1.76. The van der Waals surface area contributed by atoms with Crippen LogP contribution in [0.15, 0.2) is 36.5 Å². The average molecular weight is 285 g/mol. The lowest BCUT2D eigenvalue weighted by molar-refractivity contribution is -0.119. The zero-order chi connectivity index (χ0) is 14.5. The van der Waals surface area contributed by atoms with Crippen LogP contribution in [0.25, 0.3) is 10.9 Å². The van der Waals surface area contributed by atoms with Crippen molar-refractivity contribution in [1.29, 1.82) is 0 Å². The highest BCUT2D eigenvalue weighted by Gasteiger charge is 2.16. The van der Waals surface area contributed by atoms with Crippen LogP contribution in [-0.2, 0) is 9.53 Å². The first-order valence-electron chi connectivity index (χ1n) is 7.29. The van der Waals surface area contributed by atoms with Crippen LogP contribution in [0, 0.1) is 0 Å². The number of aromatic nitrogens is 1. The fraction of sp³-hybridized carbons (Fsp3) is 0.375. The van der Waals surface area contributed by atoms with E-state index in [1.54, 1.807) is 6.20 Å². The van der Waals surface area contributed by atoms with Crippen LogP contribution >= 0.6 is 0 Å². The van der Waals surface area contributed by atoms with E-state index < -0.39 is 0 Å². The molecule has 1 aliphatic rings. The number of para-hydroxylation sites is 1. The van der Waals surface area contributed by atoms with Crippen LogP contribution in [0.5, 0.6) is 0 Å². The average Bonchev–Trinajstić information content (AvgIpc) is 3.04. The number of anilines is 1. The van der Waals surface area contributed by atoms with Crippen LogP contribution in [0.1, 0.15) is 12.8 Å². The van der Waals surface area contributed by atoms with E-state index in [4.69, 9.17) is 4.74 Å². The van der Waals surface area contributed by atoms with Crippen LogP contribution in [-0.4, -0.2) is 36.7 Å². The number of pyridine rings is 1. The number of nitrogens with one attached hydrogen (secondary N) is 2. The third-order valence-corrected chi connectivity index (χ3v) is 3.62. The van der Waals surface area contributed by atoms with Crippen LogP contribution < -0.4 is 10.6 Å². The summed E-state index contributed by atoms with van der Waals surface area (Å²) in [4.78, 5) is 16.2. The van der Waals surface area contributed by atoms with Gasteiger partial charge in [-0.3, -0.25) is 9.78 Å². The van der Waals surface area contributed by atoms with Gasteiger partial charge in [-0.05, 0) is 25.0 Å². The molecule has 1 fully saturated rings. The Kier molecular flexibility index (Phi) is 4.31. The highest BCUT2D eigenvalue weighted by atomic mass is 16.5. The highest BCUT2D eigenvalue weighted by molar-refractivity contribution is 5.92. The number of hydrogen-bond acceptors (Lipinski definition) is 4. The van der Waals surface area contributed by atoms with Gasteiger partial charge >= 0.3 is 0 Å². The number of carbonyl (C=O) groups excluding carboxylic acids is 1. The maximum absolute atomic E-state index is 11.9. The van der Waals surface area contributed by atoms with Gasteiger partial charge in [-0.1, -0.05) is 18.2 Å². The predicted molar refractivity (Wildman–Crippen MR) is 82.2 cm³/mol. The first-order valence-corrected chi connectivity index (χ1v) is 7.29. The van der Waals surface area contributed by atoms with E-state index in [1.807, 2.05) is 30.3 Å². The third kappa shape index (κ3) is 3.49. The van der Waals surface area contributed by atoms with E-state index in [0.717, 1.165) is 36.0 Å². The molecule has 1 aliphatic heterocycles. The number of carbonyl (C=O) groups is 1. The number of amides is 1. The number of rotatable bonds is 5. The molecule has 1 aromatic heterocycles. The predicted octanol–water partition coefficient (Wildman–Crippen LogP) is 1.94. The third-order valence-electron chi connectivity index (χ3n) is 3.62. The summed E-state index contributed by atoms with van der Waals surface area (Å²) in [5, 5.41) is 7.10. The monoisotopic (exact) mass is 285 g/mol. The van der Waals surface area contributed by atoms with Gasteiger partial charge in [0.1, 0.15) is 0 Å². The molecule has 1 unspecified atom stereocenters. The molecule has 3 rings (SSSR count). The van der Waals surface area contributed by atoms with Crippen molar-refractivity contribution >= 4 is 22.5 Å². The fourth-order valence-electron chi connectivity index (χ4n) is 2.52. The lowest BCUT2D eigenvalue weighted by Crippen LogP contribution is -2.35. The second-order valence-corrected chi connectivity index (χ2v) is 5.17. The molecule has 1 aromatic carbocycles. The van der Waals surface area contributed by atoms with Gasteiger partial charge in [0.2, 0.25) is 5.91 Å². The number of hydrogen-bond donors (Lipinski definition) is 2. The summed E-state index contributed by atoms with van der Waals surface area (Å²) in [5.74, 6) is -0.0292. The molecule has 21 heavy (non-hydrogen) atoms.